The minimum atomic E-state index is -1.91. The molecule has 1 saturated heterocycles. The summed E-state index contributed by atoms with van der Waals surface area (Å²) in [4.78, 5) is 31.5. The highest BCUT2D eigenvalue weighted by atomic mass is 35.5. The highest BCUT2D eigenvalue weighted by molar-refractivity contribution is 6.30. The van der Waals surface area contributed by atoms with Crippen molar-refractivity contribution in [3.05, 3.63) is 83.0 Å². The van der Waals surface area contributed by atoms with Gasteiger partial charge in [0.15, 0.2) is 12.2 Å². The number of likely N-dealkylation sites (tertiary alicyclic amines) is 1. The van der Waals surface area contributed by atoms with Crippen LogP contribution >= 0.6 is 11.6 Å². The van der Waals surface area contributed by atoms with Crippen LogP contribution in [0, 0.1) is 0 Å². The zero-order valence-corrected chi connectivity index (χ0v) is 21.4. The number of aromatic nitrogens is 1. The minimum absolute atomic E-state index is 0.271. The number of rotatable bonds is 8. The lowest BCUT2D eigenvalue weighted by Gasteiger charge is -2.29. The van der Waals surface area contributed by atoms with Crippen molar-refractivity contribution >= 4 is 23.4 Å². The number of aliphatic hydroxyl groups excluding tert-OH is 2. The normalized spacial score (nSPS) is 17.6. The molecule has 1 aliphatic heterocycles. The molecule has 1 unspecified atom stereocenters. The maximum Gasteiger partial charge on any atom is 0.255 e. The number of halogens is 1. The summed E-state index contributed by atoms with van der Waals surface area (Å²) in [5.41, 5.74) is 3.37. The smallest absolute Gasteiger partial charge is 0.255 e. The molecule has 8 nitrogen and oxygen atoms in total. The molecule has 37 heavy (non-hydrogen) atoms. The molecular weight excluding hydrogens is 494 g/mol. The molecule has 9 heteroatoms. The van der Waals surface area contributed by atoms with E-state index in [1.54, 1.807) is 38.4 Å². The zero-order valence-electron chi connectivity index (χ0n) is 20.7. The summed E-state index contributed by atoms with van der Waals surface area (Å²) in [6.07, 6.45) is -0.684. The highest BCUT2D eigenvalue weighted by Gasteiger charge is 2.38. The first kappa shape index (κ1) is 26.6. The van der Waals surface area contributed by atoms with Crippen LogP contribution in [0.15, 0.2) is 66.9 Å². The number of benzene rings is 2. The number of methoxy groups -OCH3 is 1. The third-order valence-electron chi connectivity index (χ3n) is 6.64. The molecule has 3 N–H and O–H groups in total. The quantitative estimate of drug-likeness (QED) is 0.415. The largest absolute Gasteiger partial charge is 0.481 e. The van der Waals surface area contributed by atoms with Crippen molar-refractivity contribution in [1.29, 1.82) is 0 Å². The van der Waals surface area contributed by atoms with Gasteiger partial charge in [-0.05, 0) is 60.7 Å². The molecule has 4 rings (SSSR count). The summed E-state index contributed by atoms with van der Waals surface area (Å²) < 4.78 is 5.32. The minimum Gasteiger partial charge on any atom is -0.481 e. The first-order chi connectivity index (χ1) is 17.8. The van der Waals surface area contributed by atoms with E-state index in [1.165, 1.54) is 4.90 Å². The van der Waals surface area contributed by atoms with Crippen molar-refractivity contribution < 1.29 is 24.5 Å². The van der Waals surface area contributed by atoms with Crippen LogP contribution in [0.25, 0.3) is 11.1 Å². The predicted molar refractivity (Wildman–Crippen MR) is 140 cm³/mol. The van der Waals surface area contributed by atoms with Crippen LogP contribution in [0.4, 0.5) is 0 Å². The third kappa shape index (κ3) is 5.93. The average molecular weight is 524 g/mol. The van der Waals surface area contributed by atoms with Crippen molar-refractivity contribution in [3.63, 3.8) is 0 Å². The second-order valence-corrected chi connectivity index (χ2v) is 9.48. The molecule has 1 aliphatic rings. The molecule has 1 fully saturated rings. The van der Waals surface area contributed by atoms with Gasteiger partial charge in [-0.1, -0.05) is 48.0 Å². The fourth-order valence-electron chi connectivity index (χ4n) is 4.65. The van der Waals surface area contributed by atoms with Gasteiger partial charge in [0, 0.05) is 23.3 Å². The second-order valence-electron chi connectivity index (χ2n) is 9.05. The van der Waals surface area contributed by atoms with E-state index in [2.05, 4.69) is 10.3 Å². The summed E-state index contributed by atoms with van der Waals surface area (Å²) in [7, 11) is 1.56. The van der Waals surface area contributed by atoms with Crippen LogP contribution in [0.3, 0.4) is 0 Å². The van der Waals surface area contributed by atoms with Crippen molar-refractivity contribution in [2.24, 2.45) is 0 Å². The van der Waals surface area contributed by atoms with Gasteiger partial charge in [0.05, 0.1) is 19.2 Å². The van der Waals surface area contributed by atoms with Gasteiger partial charge in [-0.2, -0.15) is 0 Å². The maximum atomic E-state index is 13.0. The number of hydrogen-bond donors (Lipinski definition) is 3. The van der Waals surface area contributed by atoms with E-state index in [1.807, 2.05) is 42.5 Å². The summed E-state index contributed by atoms with van der Waals surface area (Å²) in [6, 6.07) is 17.6. The van der Waals surface area contributed by atoms with Gasteiger partial charge in [-0.15, -0.1) is 0 Å². The van der Waals surface area contributed by atoms with Crippen LogP contribution in [0.1, 0.15) is 43.0 Å². The molecule has 0 saturated carbocycles. The third-order valence-corrected chi connectivity index (χ3v) is 6.87. The Morgan fingerprint density at radius 2 is 1.86 bits per heavy atom. The molecule has 4 atom stereocenters. The highest BCUT2D eigenvalue weighted by Crippen LogP contribution is 2.34. The van der Waals surface area contributed by atoms with Gasteiger partial charge in [0.2, 0.25) is 5.88 Å². The van der Waals surface area contributed by atoms with E-state index in [0.717, 1.165) is 28.7 Å². The number of carbonyl (C=O) groups excluding carboxylic acids is 2. The summed E-state index contributed by atoms with van der Waals surface area (Å²) in [5, 5.41) is 24.3. The molecule has 0 spiro atoms. The molecule has 0 radical (unpaired) electrons. The SMILES string of the molecule is COc1ncccc1-c1ccc([C@@H](C)NC(=O)[C@H](O)[C@@H](O)C(=O)N2CCCC2c2cccc(Cl)c2)cc1. The average Bonchev–Trinajstić information content (AvgIpc) is 3.42. The Morgan fingerprint density at radius 1 is 1.11 bits per heavy atom. The van der Waals surface area contributed by atoms with Crippen molar-refractivity contribution in [2.75, 3.05) is 13.7 Å². The summed E-state index contributed by atoms with van der Waals surface area (Å²) in [5.74, 6) is -1.01. The van der Waals surface area contributed by atoms with Crippen LogP contribution < -0.4 is 10.1 Å². The van der Waals surface area contributed by atoms with Crippen LogP contribution in [0.2, 0.25) is 5.02 Å². The Hall–Kier alpha value is -3.46. The molecular formula is C28H30ClN3O5. The lowest BCUT2D eigenvalue weighted by molar-refractivity contribution is -0.154. The second kappa shape index (κ2) is 11.7. The van der Waals surface area contributed by atoms with Gasteiger partial charge in [-0.25, -0.2) is 4.98 Å². The molecule has 2 heterocycles. The number of aliphatic hydroxyl groups is 2. The van der Waals surface area contributed by atoms with E-state index in [0.29, 0.717) is 23.9 Å². The molecule has 1 aromatic heterocycles. The zero-order chi connectivity index (χ0) is 26.5. The van der Waals surface area contributed by atoms with E-state index in [-0.39, 0.29) is 6.04 Å². The van der Waals surface area contributed by atoms with E-state index in [9.17, 15) is 19.8 Å². The van der Waals surface area contributed by atoms with Crippen molar-refractivity contribution in [1.82, 2.24) is 15.2 Å². The lowest BCUT2D eigenvalue weighted by Crippen LogP contribution is -2.50. The summed E-state index contributed by atoms with van der Waals surface area (Å²) >= 11 is 6.10. The monoisotopic (exact) mass is 523 g/mol. The Labute approximate surface area is 220 Å². The molecule has 0 bridgehead atoms. The number of pyridine rings is 1. The van der Waals surface area contributed by atoms with Crippen molar-refractivity contribution in [3.8, 4) is 17.0 Å². The number of nitrogens with zero attached hydrogens (tertiary/aromatic N) is 2. The number of carbonyl (C=O) groups is 2. The molecule has 0 aliphatic carbocycles. The van der Waals surface area contributed by atoms with Crippen LogP contribution in [0.5, 0.6) is 5.88 Å². The lowest BCUT2D eigenvalue weighted by atomic mass is 10.0. The molecule has 3 aromatic rings. The Balaban J connectivity index is 1.39. The maximum absolute atomic E-state index is 13.0. The van der Waals surface area contributed by atoms with Gasteiger partial charge >= 0.3 is 0 Å². The number of hydrogen-bond acceptors (Lipinski definition) is 6. The Kier molecular flexibility index (Phi) is 8.43. The van der Waals surface area contributed by atoms with E-state index < -0.39 is 30.1 Å². The van der Waals surface area contributed by atoms with Crippen molar-refractivity contribution in [2.45, 2.75) is 44.1 Å². The topological polar surface area (TPSA) is 112 Å². The van der Waals surface area contributed by atoms with Crippen LogP contribution in [-0.2, 0) is 9.59 Å². The summed E-state index contributed by atoms with van der Waals surface area (Å²) in [6.45, 7) is 2.18. The van der Waals surface area contributed by atoms with Crippen LogP contribution in [-0.4, -0.2) is 57.8 Å². The van der Waals surface area contributed by atoms with Gasteiger partial charge in [0.1, 0.15) is 0 Å². The number of nitrogens with one attached hydrogen (secondary N) is 1. The van der Waals surface area contributed by atoms with Gasteiger partial charge in [0.25, 0.3) is 11.8 Å². The Morgan fingerprint density at radius 3 is 2.57 bits per heavy atom. The molecule has 2 amide bonds. The fourth-order valence-corrected chi connectivity index (χ4v) is 4.84. The number of amides is 2. The standard InChI is InChI=1S/C28H30ClN3O5/c1-17(18-10-12-19(13-11-18)22-8-4-14-30-27(22)37-2)31-26(35)24(33)25(34)28(36)32-15-5-9-23(32)20-6-3-7-21(29)16-20/h3-4,6-8,10-14,16-17,23-25,33-34H,5,9,15H2,1-2H3,(H,31,35)/t17-,23?,24-,25-/m1/s1. The van der Waals surface area contributed by atoms with E-state index in [4.69, 9.17) is 16.3 Å². The predicted octanol–water partition coefficient (Wildman–Crippen LogP) is 3.67. The first-order valence-electron chi connectivity index (χ1n) is 12.1. The van der Waals surface area contributed by atoms with Gasteiger partial charge < -0.3 is 25.2 Å². The fraction of sp³-hybridized carbons (Fsp3) is 0.321. The van der Waals surface area contributed by atoms with E-state index >= 15 is 0 Å². The van der Waals surface area contributed by atoms with Gasteiger partial charge in [-0.3, -0.25) is 9.59 Å². The molecule has 194 valence electrons. The number of ether oxygens (including phenoxy) is 1. The first-order valence-corrected chi connectivity index (χ1v) is 12.5. The molecule has 2 aromatic carbocycles. The Bertz CT molecular complexity index is 1250.